The Morgan fingerprint density at radius 3 is 2.50 bits per heavy atom. The molecule has 1 aromatic heterocycles. The van der Waals surface area contributed by atoms with Crippen LogP contribution in [0.3, 0.4) is 0 Å². The minimum Gasteiger partial charge on any atom is -0.389 e. The summed E-state index contributed by atoms with van der Waals surface area (Å²) in [5.41, 5.74) is 0. The average Bonchev–Trinajstić information content (AvgIpc) is 3.10. The van der Waals surface area contributed by atoms with E-state index in [4.69, 9.17) is 18.0 Å². The van der Waals surface area contributed by atoms with Gasteiger partial charge in [0.15, 0.2) is 0 Å². The molecule has 0 saturated heterocycles. The van der Waals surface area contributed by atoms with E-state index in [1.165, 1.54) is 0 Å². The van der Waals surface area contributed by atoms with Crippen molar-refractivity contribution < 1.29 is 23.1 Å². The Balaban J connectivity index is 1.93. The maximum Gasteiger partial charge on any atom is 0.500 e. The fraction of sp³-hybridized carbons (Fsp3) is 0.800. The topological polar surface area (TPSA) is 75.0 Å². The summed E-state index contributed by atoms with van der Waals surface area (Å²) >= 11 is 1.89. The van der Waals surface area contributed by atoms with Gasteiger partial charge in [0.25, 0.3) is 0 Å². The number of imidazole rings is 1. The van der Waals surface area contributed by atoms with Gasteiger partial charge in [-0.25, -0.2) is 4.98 Å². The van der Waals surface area contributed by atoms with E-state index in [0.29, 0.717) is 19.8 Å². The summed E-state index contributed by atoms with van der Waals surface area (Å²) in [5.74, 6) is 2.09. The van der Waals surface area contributed by atoms with Crippen molar-refractivity contribution in [3.8, 4) is 0 Å². The number of aliphatic hydroxyl groups excluding tert-OH is 1. The molecular weight excluding hydrogens is 348 g/mol. The summed E-state index contributed by atoms with van der Waals surface area (Å²) in [6.45, 7) is 1.53. The summed E-state index contributed by atoms with van der Waals surface area (Å²) < 4.78 is 23.5. The van der Waals surface area contributed by atoms with Crippen molar-refractivity contribution in [1.82, 2.24) is 9.55 Å². The van der Waals surface area contributed by atoms with Crippen molar-refractivity contribution in [2.24, 2.45) is 0 Å². The van der Waals surface area contributed by atoms with Gasteiger partial charge in [0.1, 0.15) is 0 Å². The summed E-state index contributed by atoms with van der Waals surface area (Å²) in [6.07, 6.45) is 6.70. The molecule has 0 aliphatic rings. The number of aromatic nitrogens is 2. The molecule has 0 fully saturated rings. The Hall–Kier alpha value is -0.423. The van der Waals surface area contributed by atoms with Crippen LogP contribution in [0, 0.1) is 0 Å². The normalized spacial score (nSPS) is 13.3. The molecule has 1 aromatic rings. The quantitative estimate of drug-likeness (QED) is 0.367. The highest BCUT2D eigenvalue weighted by Crippen LogP contribution is 2.17. The molecule has 1 unspecified atom stereocenters. The molecule has 0 aliphatic heterocycles. The van der Waals surface area contributed by atoms with E-state index < -0.39 is 14.9 Å². The minimum absolute atomic E-state index is 0.354. The third kappa shape index (κ3) is 8.61. The lowest BCUT2D eigenvalue weighted by Crippen LogP contribution is -2.42. The van der Waals surface area contributed by atoms with Gasteiger partial charge < -0.3 is 27.7 Å². The van der Waals surface area contributed by atoms with E-state index in [1.807, 2.05) is 22.5 Å². The second kappa shape index (κ2) is 12.9. The molecule has 1 atom stereocenters. The smallest absolute Gasteiger partial charge is 0.389 e. The molecule has 0 saturated carbocycles. The van der Waals surface area contributed by atoms with Crippen molar-refractivity contribution in [3.05, 3.63) is 18.7 Å². The van der Waals surface area contributed by atoms with Gasteiger partial charge in [0, 0.05) is 46.4 Å². The lowest BCUT2D eigenvalue weighted by atomic mass is 10.4. The van der Waals surface area contributed by atoms with Gasteiger partial charge in [-0.15, -0.1) is 0 Å². The SMILES string of the molecule is CO[Si](CCCSCCCOCC(O)Cn1ccnc1)(OC)OC. The number of ether oxygens (including phenoxy) is 1. The first-order valence-electron chi connectivity index (χ1n) is 8.10. The van der Waals surface area contributed by atoms with Crippen LogP contribution in [0.2, 0.25) is 6.04 Å². The fourth-order valence-corrected chi connectivity index (χ4v) is 5.08. The first-order valence-corrected chi connectivity index (χ1v) is 11.2. The molecule has 9 heteroatoms. The van der Waals surface area contributed by atoms with Crippen LogP contribution < -0.4 is 0 Å². The number of hydrogen-bond donors (Lipinski definition) is 1. The molecule has 1 heterocycles. The Labute approximate surface area is 150 Å². The predicted octanol–water partition coefficient (Wildman–Crippen LogP) is 1.65. The Kier molecular flexibility index (Phi) is 11.6. The highest BCUT2D eigenvalue weighted by Gasteiger charge is 2.36. The van der Waals surface area contributed by atoms with Crippen LogP contribution in [-0.4, -0.2) is 75.6 Å². The van der Waals surface area contributed by atoms with Gasteiger partial charge in [-0.2, -0.15) is 11.8 Å². The van der Waals surface area contributed by atoms with E-state index in [0.717, 1.165) is 30.4 Å². The third-order valence-corrected chi connectivity index (χ3v) is 7.56. The van der Waals surface area contributed by atoms with Gasteiger partial charge in [-0.05, 0) is 24.3 Å². The minimum atomic E-state index is -2.41. The zero-order valence-electron chi connectivity index (χ0n) is 14.8. The summed E-state index contributed by atoms with van der Waals surface area (Å²) in [6, 6.07) is 0.834. The second-order valence-electron chi connectivity index (χ2n) is 5.35. The highest BCUT2D eigenvalue weighted by atomic mass is 32.2. The van der Waals surface area contributed by atoms with Crippen LogP contribution in [0.5, 0.6) is 0 Å². The van der Waals surface area contributed by atoms with Crippen LogP contribution in [0.25, 0.3) is 0 Å². The van der Waals surface area contributed by atoms with Crippen LogP contribution in [0.1, 0.15) is 12.8 Å². The molecule has 0 amide bonds. The standard InChI is InChI=1S/C15H30N2O5SSi/c1-19-24(20-2,21-3)11-5-10-23-9-4-8-22-13-15(18)12-17-7-6-16-14-17/h6-7,14-15,18H,4-5,8-13H2,1-3H3. The molecule has 0 radical (unpaired) electrons. The maximum absolute atomic E-state index is 9.83. The van der Waals surface area contributed by atoms with E-state index >= 15 is 0 Å². The summed E-state index contributed by atoms with van der Waals surface area (Å²) in [5, 5.41) is 9.83. The largest absolute Gasteiger partial charge is 0.500 e. The van der Waals surface area contributed by atoms with Crippen molar-refractivity contribution in [2.45, 2.75) is 31.5 Å². The lowest BCUT2D eigenvalue weighted by Gasteiger charge is -2.24. The molecule has 24 heavy (non-hydrogen) atoms. The van der Waals surface area contributed by atoms with Gasteiger partial charge >= 0.3 is 8.80 Å². The monoisotopic (exact) mass is 378 g/mol. The van der Waals surface area contributed by atoms with Crippen molar-refractivity contribution in [2.75, 3.05) is 46.0 Å². The third-order valence-electron chi connectivity index (χ3n) is 3.57. The molecule has 140 valence electrons. The Morgan fingerprint density at radius 2 is 1.88 bits per heavy atom. The van der Waals surface area contributed by atoms with Crippen LogP contribution in [0.4, 0.5) is 0 Å². The Bertz CT molecular complexity index is 398. The van der Waals surface area contributed by atoms with Gasteiger partial charge in [0.2, 0.25) is 0 Å². The maximum atomic E-state index is 9.83. The van der Waals surface area contributed by atoms with Crippen molar-refractivity contribution in [3.63, 3.8) is 0 Å². The second-order valence-corrected chi connectivity index (χ2v) is 9.67. The number of aliphatic hydroxyl groups is 1. The molecule has 0 spiro atoms. The van der Waals surface area contributed by atoms with Crippen LogP contribution in [0.15, 0.2) is 18.7 Å². The van der Waals surface area contributed by atoms with E-state index in [9.17, 15) is 5.11 Å². The van der Waals surface area contributed by atoms with Gasteiger partial charge in [-0.1, -0.05) is 0 Å². The predicted molar refractivity (Wildman–Crippen MR) is 97.2 cm³/mol. The average molecular weight is 379 g/mol. The van der Waals surface area contributed by atoms with Crippen LogP contribution >= 0.6 is 11.8 Å². The summed E-state index contributed by atoms with van der Waals surface area (Å²) in [4.78, 5) is 3.94. The summed E-state index contributed by atoms with van der Waals surface area (Å²) in [7, 11) is 2.52. The Morgan fingerprint density at radius 1 is 1.17 bits per heavy atom. The van der Waals surface area contributed by atoms with E-state index in [1.54, 1.807) is 33.9 Å². The molecule has 7 nitrogen and oxygen atoms in total. The van der Waals surface area contributed by atoms with E-state index in [-0.39, 0.29) is 0 Å². The fourth-order valence-electron chi connectivity index (χ4n) is 2.22. The first-order chi connectivity index (χ1) is 11.7. The molecule has 0 aromatic carbocycles. The lowest BCUT2D eigenvalue weighted by molar-refractivity contribution is 0.0286. The zero-order valence-corrected chi connectivity index (χ0v) is 16.7. The molecule has 1 N–H and O–H groups in total. The van der Waals surface area contributed by atoms with Crippen molar-refractivity contribution >= 4 is 20.6 Å². The number of rotatable bonds is 15. The van der Waals surface area contributed by atoms with Crippen molar-refractivity contribution in [1.29, 1.82) is 0 Å². The zero-order chi connectivity index (χ0) is 17.7. The first kappa shape index (κ1) is 21.6. The highest BCUT2D eigenvalue weighted by molar-refractivity contribution is 7.99. The number of hydrogen-bond acceptors (Lipinski definition) is 7. The number of nitrogens with zero attached hydrogens (tertiary/aromatic N) is 2. The molecule has 0 bridgehead atoms. The number of thioether (sulfide) groups is 1. The van der Waals surface area contributed by atoms with E-state index in [2.05, 4.69) is 4.98 Å². The molecular formula is C15H30N2O5SSi. The van der Waals surface area contributed by atoms with Crippen LogP contribution in [-0.2, 0) is 24.6 Å². The van der Waals surface area contributed by atoms with Gasteiger partial charge in [0.05, 0.1) is 25.6 Å². The van der Waals surface area contributed by atoms with Gasteiger partial charge in [-0.3, -0.25) is 0 Å². The molecule has 1 rings (SSSR count). The molecule has 0 aliphatic carbocycles.